The summed E-state index contributed by atoms with van der Waals surface area (Å²) < 4.78 is 0. The van der Waals surface area contributed by atoms with E-state index in [1.54, 1.807) is 0 Å². The van der Waals surface area contributed by atoms with Crippen LogP contribution in [0.25, 0.3) is 0 Å². The lowest BCUT2D eigenvalue weighted by Gasteiger charge is -2.32. The van der Waals surface area contributed by atoms with Crippen molar-refractivity contribution in [1.82, 2.24) is 5.32 Å². The Labute approximate surface area is 125 Å². The van der Waals surface area contributed by atoms with E-state index in [2.05, 4.69) is 57.3 Å². The molecule has 1 saturated carbocycles. The van der Waals surface area contributed by atoms with Gasteiger partial charge in [0, 0.05) is 12.6 Å². The molecule has 0 radical (unpaired) electrons. The van der Waals surface area contributed by atoms with Gasteiger partial charge in [-0.25, -0.2) is 0 Å². The zero-order valence-electron chi connectivity index (χ0n) is 13.7. The fourth-order valence-corrected chi connectivity index (χ4v) is 3.30. The summed E-state index contributed by atoms with van der Waals surface area (Å²) in [4.78, 5) is 0. The van der Waals surface area contributed by atoms with Crippen molar-refractivity contribution in [2.24, 2.45) is 11.8 Å². The molecule has 0 bridgehead atoms. The fourth-order valence-electron chi connectivity index (χ4n) is 3.30. The summed E-state index contributed by atoms with van der Waals surface area (Å²) in [5.74, 6) is 2.39. The first-order chi connectivity index (χ1) is 9.56. The first-order valence-corrected chi connectivity index (χ1v) is 8.38. The standard InChI is InChI=1S/C19H31N/c1-14(2)17-10-8-16(9-11-17)13-20-19-7-5-6-18(12-19)15(3)4/h8-11,14-15,18-20H,5-7,12-13H2,1-4H3. The molecule has 0 aliphatic heterocycles. The van der Waals surface area contributed by atoms with Gasteiger partial charge >= 0.3 is 0 Å². The van der Waals surface area contributed by atoms with E-state index >= 15 is 0 Å². The van der Waals surface area contributed by atoms with E-state index in [1.165, 1.54) is 36.8 Å². The van der Waals surface area contributed by atoms with Gasteiger partial charge in [-0.15, -0.1) is 0 Å². The summed E-state index contributed by atoms with van der Waals surface area (Å²) in [6.45, 7) is 10.3. The van der Waals surface area contributed by atoms with Gasteiger partial charge in [-0.3, -0.25) is 0 Å². The highest BCUT2D eigenvalue weighted by molar-refractivity contribution is 5.24. The lowest BCUT2D eigenvalue weighted by molar-refractivity contribution is 0.231. The summed E-state index contributed by atoms with van der Waals surface area (Å²) >= 11 is 0. The Hall–Kier alpha value is -0.820. The Morgan fingerprint density at radius 1 is 1.05 bits per heavy atom. The molecule has 1 nitrogen and oxygen atoms in total. The van der Waals surface area contributed by atoms with Gasteiger partial charge in [0.15, 0.2) is 0 Å². The number of benzene rings is 1. The van der Waals surface area contributed by atoms with Gasteiger partial charge in [0.2, 0.25) is 0 Å². The Balaban J connectivity index is 1.82. The van der Waals surface area contributed by atoms with Gasteiger partial charge in [-0.2, -0.15) is 0 Å². The molecule has 1 N–H and O–H groups in total. The minimum atomic E-state index is 0.627. The lowest BCUT2D eigenvalue weighted by Crippen LogP contribution is -2.35. The molecule has 0 heterocycles. The van der Waals surface area contributed by atoms with E-state index < -0.39 is 0 Å². The molecule has 2 atom stereocenters. The first-order valence-electron chi connectivity index (χ1n) is 8.38. The van der Waals surface area contributed by atoms with Crippen molar-refractivity contribution in [3.8, 4) is 0 Å². The van der Waals surface area contributed by atoms with Crippen LogP contribution in [-0.2, 0) is 6.54 Å². The lowest BCUT2D eigenvalue weighted by atomic mass is 9.79. The highest BCUT2D eigenvalue weighted by atomic mass is 14.9. The van der Waals surface area contributed by atoms with Gasteiger partial charge in [-0.1, -0.05) is 64.8 Å². The molecule has 1 aromatic carbocycles. The average molecular weight is 273 g/mol. The highest BCUT2D eigenvalue weighted by Crippen LogP contribution is 2.30. The second-order valence-corrected chi connectivity index (χ2v) is 7.14. The van der Waals surface area contributed by atoms with Crippen molar-refractivity contribution in [2.75, 3.05) is 0 Å². The van der Waals surface area contributed by atoms with Gasteiger partial charge < -0.3 is 5.32 Å². The van der Waals surface area contributed by atoms with Crippen molar-refractivity contribution in [3.05, 3.63) is 35.4 Å². The molecule has 20 heavy (non-hydrogen) atoms. The molecule has 0 aromatic heterocycles. The molecule has 1 aliphatic carbocycles. The third kappa shape index (κ3) is 4.34. The van der Waals surface area contributed by atoms with E-state index in [1.807, 2.05) is 0 Å². The predicted octanol–water partition coefficient (Wildman–Crippen LogP) is 5.11. The zero-order chi connectivity index (χ0) is 14.5. The molecule has 1 heteroatoms. The maximum absolute atomic E-state index is 3.77. The largest absolute Gasteiger partial charge is 0.310 e. The quantitative estimate of drug-likeness (QED) is 0.785. The molecule has 2 rings (SSSR count). The van der Waals surface area contributed by atoms with Crippen LogP contribution in [0.4, 0.5) is 0 Å². The van der Waals surface area contributed by atoms with Crippen LogP contribution in [0.15, 0.2) is 24.3 Å². The van der Waals surface area contributed by atoms with Gasteiger partial charge in [0.25, 0.3) is 0 Å². The molecule has 0 saturated heterocycles. The molecular weight excluding hydrogens is 242 g/mol. The summed E-state index contributed by atoms with van der Waals surface area (Å²) in [6, 6.07) is 9.84. The molecule has 0 spiro atoms. The van der Waals surface area contributed by atoms with Gasteiger partial charge in [0.1, 0.15) is 0 Å². The van der Waals surface area contributed by atoms with Crippen molar-refractivity contribution in [1.29, 1.82) is 0 Å². The SMILES string of the molecule is CC(C)c1ccc(CNC2CCCC(C(C)C)C2)cc1. The van der Waals surface area contributed by atoms with Crippen LogP contribution in [0, 0.1) is 11.8 Å². The molecule has 1 aromatic rings. The van der Waals surface area contributed by atoms with Crippen molar-refractivity contribution >= 4 is 0 Å². The van der Waals surface area contributed by atoms with E-state index in [9.17, 15) is 0 Å². The Morgan fingerprint density at radius 2 is 1.75 bits per heavy atom. The predicted molar refractivity (Wildman–Crippen MR) is 88.0 cm³/mol. The van der Waals surface area contributed by atoms with Crippen molar-refractivity contribution in [3.63, 3.8) is 0 Å². The van der Waals surface area contributed by atoms with Crippen molar-refractivity contribution < 1.29 is 0 Å². The van der Waals surface area contributed by atoms with E-state index in [0.29, 0.717) is 5.92 Å². The Morgan fingerprint density at radius 3 is 2.35 bits per heavy atom. The van der Waals surface area contributed by atoms with Crippen LogP contribution in [-0.4, -0.2) is 6.04 Å². The maximum Gasteiger partial charge on any atom is 0.0208 e. The highest BCUT2D eigenvalue weighted by Gasteiger charge is 2.23. The molecular formula is C19H31N. The summed E-state index contributed by atoms with van der Waals surface area (Å²) in [6.07, 6.45) is 5.54. The second-order valence-electron chi connectivity index (χ2n) is 7.14. The zero-order valence-corrected chi connectivity index (χ0v) is 13.7. The smallest absolute Gasteiger partial charge is 0.0208 e. The molecule has 0 amide bonds. The normalized spacial score (nSPS) is 23.5. The van der Waals surface area contributed by atoms with Crippen LogP contribution in [0.2, 0.25) is 0 Å². The van der Waals surface area contributed by atoms with E-state index in [-0.39, 0.29) is 0 Å². The molecule has 112 valence electrons. The first kappa shape index (κ1) is 15.6. The number of hydrogen-bond acceptors (Lipinski definition) is 1. The van der Waals surface area contributed by atoms with Crippen LogP contribution >= 0.6 is 0 Å². The summed E-state index contributed by atoms with van der Waals surface area (Å²) in [5, 5.41) is 3.77. The van der Waals surface area contributed by atoms with Crippen LogP contribution in [0.5, 0.6) is 0 Å². The maximum atomic E-state index is 3.77. The molecule has 2 unspecified atom stereocenters. The molecule has 1 aliphatic rings. The summed E-state index contributed by atoms with van der Waals surface area (Å²) in [5.41, 5.74) is 2.85. The van der Waals surface area contributed by atoms with Crippen LogP contribution < -0.4 is 5.32 Å². The van der Waals surface area contributed by atoms with E-state index in [0.717, 1.165) is 24.4 Å². The number of hydrogen-bond donors (Lipinski definition) is 1. The van der Waals surface area contributed by atoms with Crippen molar-refractivity contribution in [2.45, 2.75) is 71.9 Å². The topological polar surface area (TPSA) is 12.0 Å². The Kier molecular flexibility index (Phi) is 5.65. The van der Waals surface area contributed by atoms with E-state index in [4.69, 9.17) is 0 Å². The monoisotopic (exact) mass is 273 g/mol. The van der Waals surface area contributed by atoms with Gasteiger partial charge in [-0.05, 0) is 41.7 Å². The van der Waals surface area contributed by atoms with Crippen LogP contribution in [0.3, 0.4) is 0 Å². The third-order valence-corrected chi connectivity index (χ3v) is 4.90. The minimum absolute atomic E-state index is 0.627. The molecule has 1 fully saturated rings. The van der Waals surface area contributed by atoms with Gasteiger partial charge in [0.05, 0.1) is 0 Å². The fraction of sp³-hybridized carbons (Fsp3) is 0.684. The number of rotatable bonds is 5. The number of nitrogens with one attached hydrogen (secondary N) is 1. The van der Waals surface area contributed by atoms with Crippen LogP contribution in [0.1, 0.15) is 70.4 Å². The minimum Gasteiger partial charge on any atom is -0.310 e. The third-order valence-electron chi connectivity index (χ3n) is 4.90. The summed E-state index contributed by atoms with van der Waals surface area (Å²) in [7, 11) is 0. The Bertz CT molecular complexity index is 391. The average Bonchev–Trinajstić information content (AvgIpc) is 2.46. The second kappa shape index (κ2) is 7.26.